The van der Waals surface area contributed by atoms with Gasteiger partial charge in [0.15, 0.2) is 0 Å². The van der Waals surface area contributed by atoms with Crippen LogP contribution in [0.15, 0.2) is 36.8 Å². The average Bonchev–Trinajstić information content (AvgIpc) is 3.08. The van der Waals surface area contributed by atoms with Crippen molar-refractivity contribution in [2.75, 3.05) is 6.54 Å². The molecule has 1 atom stereocenters. The Morgan fingerprint density at radius 2 is 2.33 bits per heavy atom. The highest BCUT2D eigenvalue weighted by molar-refractivity contribution is 6.30. The summed E-state index contributed by atoms with van der Waals surface area (Å²) in [6.07, 6.45) is 5.91. The van der Waals surface area contributed by atoms with E-state index in [-0.39, 0.29) is 11.9 Å². The molecule has 0 spiro atoms. The van der Waals surface area contributed by atoms with E-state index in [9.17, 15) is 4.79 Å². The van der Waals surface area contributed by atoms with Crippen LogP contribution in [-0.4, -0.2) is 26.9 Å². The van der Waals surface area contributed by atoms with Crippen LogP contribution in [0.3, 0.4) is 0 Å². The van der Waals surface area contributed by atoms with Gasteiger partial charge in [-0.15, -0.1) is 0 Å². The van der Waals surface area contributed by atoms with Crippen molar-refractivity contribution in [3.8, 4) is 0 Å². The number of nitrogens with zero attached hydrogens (tertiary/aromatic N) is 3. The Bertz CT molecular complexity index is 652. The summed E-state index contributed by atoms with van der Waals surface area (Å²) in [5.74, 6) is 0.154. The maximum Gasteiger partial charge on any atom is 0.229 e. The second-order valence-electron chi connectivity index (χ2n) is 5.47. The third-order valence-corrected chi connectivity index (χ3v) is 4.29. The van der Waals surface area contributed by atoms with E-state index in [1.807, 2.05) is 40.8 Å². The van der Waals surface area contributed by atoms with E-state index in [4.69, 9.17) is 11.6 Å². The van der Waals surface area contributed by atoms with Crippen molar-refractivity contribution in [3.05, 3.63) is 53.1 Å². The summed E-state index contributed by atoms with van der Waals surface area (Å²) in [6.45, 7) is 0.813. The summed E-state index contributed by atoms with van der Waals surface area (Å²) >= 11 is 6.07. The van der Waals surface area contributed by atoms with E-state index in [1.165, 1.54) is 0 Å². The van der Waals surface area contributed by atoms with Crippen LogP contribution in [0.4, 0.5) is 0 Å². The summed E-state index contributed by atoms with van der Waals surface area (Å²) in [5, 5.41) is 0.721. The zero-order chi connectivity index (χ0) is 14.8. The predicted octanol–water partition coefficient (Wildman–Crippen LogP) is 2.98. The van der Waals surface area contributed by atoms with Crippen LogP contribution >= 0.6 is 11.6 Å². The lowest BCUT2D eigenvalue weighted by molar-refractivity contribution is -0.131. The van der Waals surface area contributed by atoms with Gasteiger partial charge in [-0.1, -0.05) is 23.7 Å². The number of hydrogen-bond acceptors (Lipinski definition) is 2. The summed E-state index contributed by atoms with van der Waals surface area (Å²) < 4.78 is 1.89. The van der Waals surface area contributed by atoms with E-state index in [1.54, 1.807) is 12.5 Å². The summed E-state index contributed by atoms with van der Waals surface area (Å²) in [5.41, 5.74) is 2.06. The Morgan fingerprint density at radius 3 is 3.05 bits per heavy atom. The highest BCUT2D eigenvalue weighted by atomic mass is 35.5. The molecule has 0 radical (unpaired) electrons. The van der Waals surface area contributed by atoms with E-state index < -0.39 is 0 Å². The normalized spacial score (nSPS) is 18.2. The van der Waals surface area contributed by atoms with Gasteiger partial charge in [0.1, 0.15) is 0 Å². The van der Waals surface area contributed by atoms with E-state index in [2.05, 4.69) is 4.98 Å². The molecular formula is C16H18ClN3O. The van der Waals surface area contributed by atoms with Crippen LogP contribution in [0.2, 0.25) is 5.02 Å². The first-order valence-electron chi connectivity index (χ1n) is 7.15. The molecule has 21 heavy (non-hydrogen) atoms. The number of carbonyl (C=O) groups is 1. The molecule has 2 aromatic rings. The molecule has 5 heteroatoms. The maximum absolute atomic E-state index is 12.6. The van der Waals surface area contributed by atoms with Crippen molar-refractivity contribution in [1.29, 1.82) is 0 Å². The molecule has 0 bridgehead atoms. The quantitative estimate of drug-likeness (QED) is 0.874. The predicted molar refractivity (Wildman–Crippen MR) is 82.1 cm³/mol. The van der Waals surface area contributed by atoms with Crippen LogP contribution in [0, 0.1) is 0 Å². The minimum absolute atomic E-state index is 0.143. The lowest BCUT2D eigenvalue weighted by atomic mass is 10.0. The molecule has 1 amide bonds. The summed E-state index contributed by atoms with van der Waals surface area (Å²) in [7, 11) is 1.91. The number of rotatable bonds is 3. The third kappa shape index (κ3) is 2.95. The van der Waals surface area contributed by atoms with Gasteiger partial charge < -0.3 is 9.47 Å². The smallest absolute Gasteiger partial charge is 0.229 e. The largest absolute Gasteiger partial charge is 0.337 e. The molecule has 4 nitrogen and oxygen atoms in total. The van der Waals surface area contributed by atoms with Crippen molar-refractivity contribution in [3.63, 3.8) is 0 Å². The Balaban J connectivity index is 1.77. The number of hydrogen-bond donors (Lipinski definition) is 0. The van der Waals surface area contributed by atoms with E-state index >= 15 is 0 Å². The molecule has 110 valence electrons. The summed E-state index contributed by atoms with van der Waals surface area (Å²) in [4.78, 5) is 18.6. The number of imidazole rings is 1. The second kappa shape index (κ2) is 5.90. The number of carbonyl (C=O) groups excluding carboxylic acids is 1. The van der Waals surface area contributed by atoms with Gasteiger partial charge in [-0.2, -0.15) is 0 Å². The molecule has 1 aromatic heterocycles. The van der Waals surface area contributed by atoms with Gasteiger partial charge in [-0.3, -0.25) is 4.79 Å². The third-order valence-electron chi connectivity index (χ3n) is 4.06. The zero-order valence-corrected chi connectivity index (χ0v) is 12.8. The van der Waals surface area contributed by atoms with E-state index in [0.29, 0.717) is 6.42 Å². The van der Waals surface area contributed by atoms with Crippen LogP contribution < -0.4 is 0 Å². The molecule has 1 aromatic carbocycles. The van der Waals surface area contributed by atoms with Gasteiger partial charge in [0, 0.05) is 30.5 Å². The second-order valence-corrected chi connectivity index (χ2v) is 5.91. The molecule has 1 unspecified atom stereocenters. The maximum atomic E-state index is 12.6. The Hall–Kier alpha value is -1.81. The average molecular weight is 304 g/mol. The molecule has 1 fully saturated rings. The van der Waals surface area contributed by atoms with Gasteiger partial charge in [-0.05, 0) is 30.5 Å². The van der Waals surface area contributed by atoms with Crippen LogP contribution in [0.25, 0.3) is 0 Å². The minimum atomic E-state index is 0.143. The molecule has 0 N–H and O–H groups in total. The fourth-order valence-electron chi connectivity index (χ4n) is 2.94. The van der Waals surface area contributed by atoms with Crippen LogP contribution in [0.5, 0.6) is 0 Å². The molecular weight excluding hydrogens is 286 g/mol. The Labute approximate surface area is 129 Å². The lowest BCUT2D eigenvalue weighted by Gasteiger charge is -2.25. The number of likely N-dealkylation sites (tertiary alicyclic amines) is 1. The SMILES string of the molecule is Cn1cncc1CC(=O)N1CCCC1c1cccc(Cl)c1. The Morgan fingerprint density at radius 1 is 1.48 bits per heavy atom. The first-order valence-corrected chi connectivity index (χ1v) is 7.53. The number of aromatic nitrogens is 2. The van der Waals surface area contributed by atoms with Gasteiger partial charge in [0.05, 0.1) is 18.8 Å². The first-order chi connectivity index (χ1) is 10.1. The van der Waals surface area contributed by atoms with Gasteiger partial charge in [-0.25, -0.2) is 4.98 Å². The number of benzene rings is 1. The monoisotopic (exact) mass is 303 g/mol. The van der Waals surface area contributed by atoms with E-state index in [0.717, 1.165) is 35.7 Å². The number of amides is 1. The first kappa shape index (κ1) is 14.1. The van der Waals surface area contributed by atoms with Gasteiger partial charge in [0.25, 0.3) is 0 Å². The highest BCUT2D eigenvalue weighted by Gasteiger charge is 2.30. The molecule has 0 saturated carbocycles. The topological polar surface area (TPSA) is 38.1 Å². The molecule has 3 rings (SSSR count). The van der Waals surface area contributed by atoms with Crippen LogP contribution in [0.1, 0.15) is 30.1 Å². The van der Waals surface area contributed by atoms with Gasteiger partial charge in [0.2, 0.25) is 5.91 Å². The lowest BCUT2D eigenvalue weighted by Crippen LogP contribution is -2.32. The zero-order valence-electron chi connectivity index (χ0n) is 12.0. The molecule has 0 aliphatic carbocycles. The van der Waals surface area contributed by atoms with Crippen molar-refractivity contribution < 1.29 is 4.79 Å². The Kier molecular flexibility index (Phi) is 3.97. The molecule has 1 aliphatic heterocycles. The van der Waals surface area contributed by atoms with Gasteiger partial charge >= 0.3 is 0 Å². The molecule has 2 heterocycles. The minimum Gasteiger partial charge on any atom is -0.337 e. The summed E-state index contributed by atoms with van der Waals surface area (Å²) in [6, 6.07) is 7.96. The highest BCUT2D eigenvalue weighted by Crippen LogP contribution is 2.33. The molecule has 1 aliphatic rings. The van der Waals surface area contributed by atoms with Crippen LogP contribution in [-0.2, 0) is 18.3 Å². The van der Waals surface area contributed by atoms with Crippen molar-refractivity contribution in [2.45, 2.75) is 25.3 Å². The molecule has 1 saturated heterocycles. The van der Waals surface area contributed by atoms with Crippen molar-refractivity contribution >= 4 is 17.5 Å². The number of halogens is 1. The standard InChI is InChI=1S/C16H18ClN3O/c1-19-11-18-10-14(19)9-16(21)20-7-3-6-15(20)12-4-2-5-13(17)8-12/h2,4-5,8,10-11,15H,3,6-7,9H2,1H3. The fraction of sp³-hybridized carbons (Fsp3) is 0.375. The van der Waals surface area contributed by atoms with Crippen molar-refractivity contribution in [2.24, 2.45) is 7.05 Å². The number of aryl methyl sites for hydroxylation is 1. The fourth-order valence-corrected chi connectivity index (χ4v) is 3.14. The van der Waals surface area contributed by atoms with Crippen molar-refractivity contribution in [1.82, 2.24) is 14.5 Å².